The van der Waals surface area contributed by atoms with Gasteiger partial charge in [0.15, 0.2) is 0 Å². The molecule has 0 saturated heterocycles. The normalized spacial score (nSPS) is 10.5. The van der Waals surface area contributed by atoms with Crippen molar-refractivity contribution in [3.63, 3.8) is 0 Å². The van der Waals surface area contributed by atoms with Crippen molar-refractivity contribution in [1.29, 1.82) is 0 Å². The molecule has 0 radical (unpaired) electrons. The minimum Gasteiger partial charge on any atom is -0.497 e. The number of methoxy groups -OCH3 is 1. The third-order valence-corrected chi connectivity index (χ3v) is 4.05. The molecule has 1 amide bonds. The molecule has 6 nitrogen and oxygen atoms in total. The molecule has 3 rings (SSSR count). The van der Waals surface area contributed by atoms with Crippen LogP contribution in [-0.2, 0) is 6.42 Å². The third-order valence-electron chi connectivity index (χ3n) is 3.19. The van der Waals surface area contributed by atoms with Gasteiger partial charge in [0.2, 0.25) is 11.7 Å². The van der Waals surface area contributed by atoms with E-state index in [0.29, 0.717) is 29.6 Å². The van der Waals surface area contributed by atoms with E-state index in [1.165, 1.54) is 11.3 Å². The number of amides is 1. The maximum atomic E-state index is 11.8. The lowest BCUT2D eigenvalue weighted by Gasteiger charge is -2.00. The van der Waals surface area contributed by atoms with Crippen molar-refractivity contribution in [2.24, 2.45) is 0 Å². The van der Waals surface area contributed by atoms with Crippen molar-refractivity contribution in [3.05, 3.63) is 52.5 Å². The Morgan fingerprint density at radius 3 is 2.83 bits per heavy atom. The van der Waals surface area contributed by atoms with E-state index in [0.717, 1.165) is 11.3 Å². The summed E-state index contributed by atoms with van der Waals surface area (Å²) in [6.07, 6.45) is 0.486. The third kappa shape index (κ3) is 3.75. The number of benzene rings is 1. The molecule has 0 aliphatic heterocycles. The van der Waals surface area contributed by atoms with E-state index in [4.69, 9.17) is 9.26 Å². The Kier molecular flexibility index (Phi) is 4.68. The van der Waals surface area contributed by atoms with Crippen LogP contribution in [0.25, 0.3) is 11.4 Å². The minimum absolute atomic E-state index is 0.0881. The van der Waals surface area contributed by atoms with Crippen LogP contribution in [0.2, 0.25) is 0 Å². The van der Waals surface area contributed by atoms with Gasteiger partial charge in [-0.15, -0.1) is 11.3 Å². The maximum Gasteiger partial charge on any atom is 0.261 e. The Morgan fingerprint density at radius 2 is 2.13 bits per heavy atom. The maximum absolute atomic E-state index is 11.8. The molecule has 0 spiro atoms. The zero-order chi connectivity index (χ0) is 16.1. The van der Waals surface area contributed by atoms with Crippen LogP contribution in [0.3, 0.4) is 0 Å². The fraction of sp³-hybridized carbons (Fsp3) is 0.188. The average molecular weight is 329 g/mol. The summed E-state index contributed by atoms with van der Waals surface area (Å²) in [5.41, 5.74) is 0.850. The molecule has 2 heterocycles. The lowest BCUT2D eigenvalue weighted by Crippen LogP contribution is -2.24. The van der Waals surface area contributed by atoms with Crippen molar-refractivity contribution in [1.82, 2.24) is 15.5 Å². The van der Waals surface area contributed by atoms with Gasteiger partial charge in [0.1, 0.15) is 5.75 Å². The van der Waals surface area contributed by atoms with Gasteiger partial charge in [-0.05, 0) is 35.7 Å². The Balaban J connectivity index is 1.55. The van der Waals surface area contributed by atoms with Gasteiger partial charge < -0.3 is 14.6 Å². The number of aromatic nitrogens is 2. The number of ether oxygens (including phenoxy) is 1. The number of thiophene rings is 1. The first-order valence-electron chi connectivity index (χ1n) is 7.05. The number of hydrogen-bond donors (Lipinski definition) is 1. The van der Waals surface area contributed by atoms with Gasteiger partial charge >= 0.3 is 0 Å². The Labute approximate surface area is 137 Å². The lowest BCUT2D eigenvalue weighted by atomic mass is 10.2. The molecule has 0 aliphatic carbocycles. The van der Waals surface area contributed by atoms with Gasteiger partial charge in [-0.25, -0.2) is 0 Å². The van der Waals surface area contributed by atoms with Gasteiger partial charge in [0, 0.05) is 18.5 Å². The molecular formula is C16H15N3O3S. The second-order valence-electron chi connectivity index (χ2n) is 4.72. The van der Waals surface area contributed by atoms with Crippen molar-refractivity contribution in [3.8, 4) is 17.1 Å². The molecule has 1 N–H and O–H groups in total. The van der Waals surface area contributed by atoms with Crippen LogP contribution in [0.15, 0.2) is 46.3 Å². The van der Waals surface area contributed by atoms with Crippen LogP contribution in [0, 0.1) is 0 Å². The van der Waals surface area contributed by atoms with Crippen molar-refractivity contribution in [2.75, 3.05) is 13.7 Å². The topological polar surface area (TPSA) is 77.3 Å². The molecule has 0 aliphatic rings. The molecule has 0 saturated carbocycles. The summed E-state index contributed by atoms with van der Waals surface area (Å²) in [5.74, 6) is 1.69. The van der Waals surface area contributed by atoms with Crippen LogP contribution < -0.4 is 10.1 Å². The van der Waals surface area contributed by atoms with Gasteiger partial charge in [-0.3, -0.25) is 4.79 Å². The summed E-state index contributed by atoms with van der Waals surface area (Å²) in [5, 5.41) is 8.65. The second kappa shape index (κ2) is 7.06. The molecule has 0 fully saturated rings. The summed E-state index contributed by atoms with van der Waals surface area (Å²) in [6.45, 7) is 0.445. The highest BCUT2D eigenvalue weighted by Gasteiger charge is 2.10. The van der Waals surface area contributed by atoms with Crippen molar-refractivity contribution < 1.29 is 14.1 Å². The molecule has 2 aromatic heterocycles. The van der Waals surface area contributed by atoms with E-state index in [2.05, 4.69) is 15.5 Å². The Bertz CT molecular complexity index is 766. The zero-order valence-corrected chi connectivity index (χ0v) is 13.3. The molecule has 7 heteroatoms. The zero-order valence-electron chi connectivity index (χ0n) is 12.5. The van der Waals surface area contributed by atoms with Crippen LogP contribution in [0.1, 0.15) is 15.6 Å². The number of carbonyl (C=O) groups is 1. The van der Waals surface area contributed by atoms with Gasteiger partial charge in [-0.1, -0.05) is 11.2 Å². The SMILES string of the molecule is COc1ccc(-c2noc(CCNC(=O)c3cccs3)n2)cc1. The minimum atomic E-state index is -0.0881. The number of carbonyl (C=O) groups excluding carboxylic acids is 1. The predicted molar refractivity (Wildman–Crippen MR) is 86.6 cm³/mol. The van der Waals surface area contributed by atoms with E-state index in [1.54, 1.807) is 13.2 Å². The average Bonchev–Trinajstić information content (AvgIpc) is 3.27. The summed E-state index contributed by atoms with van der Waals surface area (Å²) < 4.78 is 10.3. The first-order valence-corrected chi connectivity index (χ1v) is 7.93. The van der Waals surface area contributed by atoms with Gasteiger partial charge in [-0.2, -0.15) is 4.98 Å². The summed E-state index contributed by atoms with van der Waals surface area (Å²) in [7, 11) is 1.62. The smallest absolute Gasteiger partial charge is 0.261 e. The monoisotopic (exact) mass is 329 g/mol. The van der Waals surface area contributed by atoms with E-state index < -0.39 is 0 Å². The number of hydrogen-bond acceptors (Lipinski definition) is 6. The van der Waals surface area contributed by atoms with E-state index >= 15 is 0 Å². The standard InChI is InChI=1S/C16H15N3O3S/c1-21-12-6-4-11(5-7-12)15-18-14(22-19-15)8-9-17-16(20)13-3-2-10-23-13/h2-7,10H,8-9H2,1H3,(H,17,20). The predicted octanol–water partition coefficient (Wildman–Crippen LogP) is 2.78. The van der Waals surface area contributed by atoms with Gasteiger partial charge in [0.05, 0.1) is 12.0 Å². The molecule has 1 aromatic carbocycles. The second-order valence-corrected chi connectivity index (χ2v) is 5.67. The van der Waals surface area contributed by atoms with Crippen LogP contribution >= 0.6 is 11.3 Å². The van der Waals surface area contributed by atoms with Gasteiger partial charge in [0.25, 0.3) is 5.91 Å². The highest BCUT2D eigenvalue weighted by molar-refractivity contribution is 7.12. The fourth-order valence-electron chi connectivity index (χ4n) is 1.99. The highest BCUT2D eigenvalue weighted by Crippen LogP contribution is 2.19. The van der Waals surface area contributed by atoms with E-state index in [-0.39, 0.29) is 5.91 Å². The molecule has 3 aromatic rings. The first kappa shape index (κ1) is 15.2. The molecule has 0 bridgehead atoms. The first-order chi connectivity index (χ1) is 11.3. The molecular weight excluding hydrogens is 314 g/mol. The lowest BCUT2D eigenvalue weighted by molar-refractivity contribution is 0.0957. The van der Waals surface area contributed by atoms with Crippen LogP contribution in [0.5, 0.6) is 5.75 Å². The summed E-state index contributed by atoms with van der Waals surface area (Å²) in [4.78, 5) is 16.8. The van der Waals surface area contributed by atoms with Crippen LogP contribution in [0.4, 0.5) is 0 Å². The van der Waals surface area contributed by atoms with Crippen molar-refractivity contribution >= 4 is 17.2 Å². The highest BCUT2D eigenvalue weighted by atomic mass is 32.1. The molecule has 0 unspecified atom stereocenters. The van der Waals surface area contributed by atoms with E-state index in [9.17, 15) is 4.79 Å². The fourth-order valence-corrected chi connectivity index (χ4v) is 2.63. The Hall–Kier alpha value is -2.67. The molecule has 0 atom stereocenters. The number of nitrogens with zero attached hydrogens (tertiary/aromatic N) is 2. The largest absolute Gasteiger partial charge is 0.497 e. The van der Waals surface area contributed by atoms with E-state index in [1.807, 2.05) is 35.7 Å². The quantitative estimate of drug-likeness (QED) is 0.752. The number of rotatable bonds is 6. The number of nitrogens with one attached hydrogen (secondary N) is 1. The van der Waals surface area contributed by atoms with Crippen LogP contribution in [-0.4, -0.2) is 29.7 Å². The van der Waals surface area contributed by atoms with Crippen molar-refractivity contribution in [2.45, 2.75) is 6.42 Å². The molecule has 23 heavy (non-hydrogen) atoms. The molecule has 118 valence electrons. The summed E-state index contributed by atoms with van der Waals surface area (Å²) in [6, 6.07) is 11.0. The summed E-state index contributed by atoms with van der Waals surface area (Å²) >= 11 is 1.41. The Morgan fingerprint density at radius 1 is 1.30 bits per heavy atom.